The van der Waals surface area contributed by atoms with E-state index in [-0.39, 0.29) is 0 Å². The van der Waals surface area contributed by atoms with Gasteiger partial charge in [-0.15, -0.1) is 11.3 Å². The standard InChI is InChI=1S/C17H11F2NO2S/c1-22-17(21)12-4-2-3-11(7-12)16-20-15(9-23-16)10-5-6-13(18)14(19)8-10/h2-9H,1H3. The smallest absolute Gasteiger partial charge is 0.337 e. The highest BCUT2D eigenvalue weighted by Crippen LogP contribution is 2.30. The molecule has 6 heteroatoms. The van der Waals surface area contributed by atoms with Crippen molar-refractivity contribution in [3.8, 4) is 21.8 Å². The second-order valence-electron chi connectivity index (χ2n) is 4.74. The van der Waals surface area contributed by atoms with Crippen LogP contribution in [0.25, 0.3) is 21.8 Å². The highest BCUT2D eigenvalue weighted by Gasteiger charge is 2.11. The summed E-state index contributed by atoms with van der Waals surface area (Å²) >= 11 is 1.36. The summed E-state index contributed by atoms with van der Waals surface area (Å²) in [6.07, 6.45) is 0. The summed E-state index contributed by atoms with van der Waals surface area (Å²) in [6.45, 7) is 0. The van der Waals surface area contributed by atoms with E-state index in [1.165, 1.54) is 24.5 Å². The zero-order valence-electron chi connectivity index (χ0n) is 12.0. The van der Waals surface area contributed by atoms with Crippen LogP contribution in [0.5, 0.6) is 0 Å². The molecule has 3 nitrogen and oxygen atoms in total. The van der Waals surface area contributed by atoms with Gasteiger partial charge in [0.2, 0.25) is 0 Å². The molecule has 0 saturated heterocycles. The third kappa shape index (κ3) is 3.12. The molecule has 0 bridgehead atoms. The van der Waals surface area contributed by atoms with E-state index in [4.69, 9.17) is 4.74 Å². The normalized spacial score (nSPS) is 10.6. The zero-order valence-corrected chi connectivity index (χ0v) is 12.9. The Balaban J connectivity index is 1.95. The van der Waals surface area contributed by atoms with Gasteiger partial charge in [-0.2, -0.15) is 0 Å². The van der Waals surface area contributed by atoms with Crippen LogP contribution in [-0.4, -0.2) is 18.1 Å². The highest BCUT2D eigenvalue weighted by molar-refractivity contribution is 7.13. The average molecular weight is 331 g/mol. The van der Waals surface area contributed by atoms with Gasteiger partial charge in [-0.1, -0.05) is 12.1 Å². The van der Waals surface area contributed by atoms with Gasteiger partial charge in [0.25, 0.3) is 0 Å². The maximum atomic E-state index is 13.3. The van der Waals surface area contributed by atoms with Gasteiger partial charge in [0.1, 0.15) is 5.01 Å². The van der Waals surface area contributed by atoms with Gasteiger partial charge in [0, 0.05) is 16.5 Å². The number of thiazole rings is 1. The Kier molecular flexibility index (Phi) is 4.16. The first-order chi connectivity index (χ1) is 11.1. The van der Waals surface area contributed by atoms with Crippen molar-refractivity contribution in [2.24, 2.45) is 0 Å². The topological polar surface area (TPSA) is 39.2 Å². The van der Waals surface area contributed by atoms with Crippen molar-refractivity contribution < 1.29 is 18.3 Å². The van der Waals surface area contributed by atoms with Crippen LogP contribution in [0, 0.1) is 11.6 Å². The number of aromatic nitrogens is 1. The largest absolute Gasteiger partial charge is 0.465 e. The molecule has 0 unspecified atom stereocenters. The fourth-order valence-corrected chi connectivity index (χ4v) is 2.92. The molecule has 0 aliphatic rings. The van der Waals surface area contributed by atoms with Gasteiger partial charge in [0.05, 0.1) is 18.4 Å². The van der Waals surface area contributed by atoms with Crippen LogP contribution in [0.15, 0.2) is 47.8 Å². The molecule has 3 aromatic rings. The van der Waals surface area contributed by atoms with Gasteiger partial charge < -0.3 is 4.74 Å². The molecule has 1 aromatic heterocycles. The summed E-state index contributed by atoms with van der Waals surface area (Å²) < 4.78 is 31.0. The summed E-state index contributed by atoms with van der Waals surface area (Å²) in [4.78, 5) is 16.0. The summed E-state index contributed by atoms with van der Waals surface area (Å²) in [5.41, 5.74) is 2.23. The lowest BCUT2D eigenvalue weighted by Gasteiger charge is -2.01. The Hall–Kier alpha value is -2.60. The number of hydrogen-bond donors (Lipinski definition) is 0. The molecule has 0 N–H and O–H groups in total. The fourth-order valence-electron chi connectivity index (χ4n) is 2.09. The first-order valence-electron chi connectivity index (χ1n) is 6.68. The van der Waals surface area contributed by atoms with E-state index in [0.29, 0.717) is 21.8 Å². The SMILES string of the molecule is COC(=O)c1cccc(-c2nc(-c3ccc(F)c(F)c3)cs2)c1. The van der Waals surface area contributed by atoms with Crippen LogP contribution in [-0.2, 0) is 4.74 Å². The van der Waals surface area contributed by atoms with Gasteiger partial charge in [0.15, 0.2) is 11.6 Å². The van der Waals surface area contributed by atoms with E-state index in [2.05, 4.69) is 4.98 Å². The average Bonchev–Trinajstić information content (AvgIpc) is 3.07. The number of nitrogens with zero attached hydrogens (tertiary/aromatic N) is 1. The molecule has 0 aliphatic heterocycles. The van der Waals surface area contributed by atoms with Crippen LogP contribution in [0.1, 0.15) is 10.4 Å². The highest BCUT2D eigenvalue weighted by atomic mass is 32.1. The molecule has 23 heavy (non-hydrogen) atoms. The Morgan fingerprint density at radius 2 is 1.91 bits per heavy atom. The minimum atomic E-state index is -0.912. The predicted octanol–water partition coefficient (Wildman–Crippen LogP) is 4.54. The van der Waals surface area contributed by atoms with Crippen molar-refractivity contribution in [3.05, 3.63) is 65.0 Å². The zero-order chi connectivity index (χ0) is 16.4. The lowest BCUT2D eigenvalue weighted by molar-refractivity contribution is 0.0601. The number of hydrogen-bond acceptors (Lipinski definition) is 4. The van der Waals surface area contributed by atoms with Gasteiger partial charge in [-0.05, 0) is 30.3 Å². The van der Waals surface area contributed by atoms with Crippen molar-refractivity contribution in [1.82, 2.24) is 4.98 Å². The predicted molar refractivity (Wildman–Crippen MR) is 84.2 cm³/mol. The van der Waals surface area contributed by atoms with Crippen LogP contribution >= 0.6 is 11.3 Å². The molecule has 0 fully saturated rings. The van der Waals surface area contributed by atoms with Crippen molar-refractivity contribution in [2.75, 3.05) is 7.11 Å². The first-order valence-corrected chi connectivity index (χ1v) is 7.56. The number of carbonyl (C=O) groups is 1. The molecule has 0 atom stereocenters. The van der Waals surface area contributed by atoms with Gasteiger partial charge in [-0.25, -0.2) is 18.6 Å². The molecule has 0 radical (unpaired) electrons. The van der Waals surface area contributed by atoms with E-state index < -0.39 is 17.6 Å². The Morgan fingerprint density at radius 1 is 1.09 bits per heavy atom. The van der Waals surface area contributed by atoms with Crippen LogP contribution in [0.3, 0.4) is 0 Å². The third-order valence-electron chi connectivity index (χ3n) is 3.25. The maximum absolute atomic E-state index is 13.3. The summed E-state index contributed by atoms with van der Waals surface area (Å²) in [7, 11) is 1.32. The van der Waals surface area contributed by atoms with Gasteiger partial charge >= 0.3 is 5.97 Å². The molecule has 1 heterocycles. The second-order valence-corrected chi connectivity index (χ2v) is 5.60. The van der Waals surface area contributed by atoms with Crippen LogP contribution in [0.2, 0.25) is 0 Å². The number of ether oxygens (including phenoxy) is 1. The number of methoxy groups -OCH3 is 1. The monoisotopic (exact) mass is 331 g/mol. The van der Waals surface area contributed by atoms with Gasteiger partial charge in [-0.3, -0.25) is 0 Å². The molecule has 0 spiro atoms. The van der Waals surface area contributed by atoms with E-state index in [0.717, 1.165) is 17.7 Å². The third-order valence-corrected chi connectivity index (χ3v) is 4.14. The van der Waals surface area contributed by atoms with Crippen molar-refractivity contribution in [2.45, 2.75) is 0 Å². The maximum Gasteiger partial charge on any atom is 0.337 e. The number of carbonyl (C=O) groups excluding carboxylic acids is 1. The molecular weight excluding hydrogens is 320 g/mol. The lowest BCUT2D eigenvalue weighted by Crippen LogP contribution is -2.00. The summed E-state index contributed by atoms with van der Waals surface area (Å²) in [5.74, 6) is -2.23. The summed E-state index contributed by atoms with van der Waals surface area (Å²) in [6, 6.07) is 10.5. The summed E-state index contributed by atoms with van der Waals surface area (Å²) in [5, 5.41) is 2.43. The van der Waals surface area contributed by atoms with E-state index >= 15 is 0 Å². The number of esters is 1. The van der Waals surface area contributed by atoms with Crippen LogP contribution in [0.4, 0.5) is 8.78 Å². The first kappa shape index (κ1) is 15.3. The molecule has 0 saturated carbocycles. The lowest BCUT2D eigenvalue weighted by atomic mass is 10.1. The molecule has 3 rings (SSSR count). The molecular formula is C17H11F2NO2S. The Bertz CT molecular complexity index is 877. The van der Waals surface area contributed by atoms with Crippen molar-refractivity contribution >= 4 is 17.3 Å². The van der Waals surface area contributed by atoms with Crippen LogP contribution < -0.4 is 0 Å². The van der Waals surface area contributed by atoms with E-state index in [1.54, 1.807) is 23.6 Å². The van der Waals surface area contributed by atoms with Crippen molar-refractivity contribution in [3.63, 3.8) is 0 Å². The Morgan fingerprint density at radius 3 is 2.65 bits per heavy atom. The van der Waals surface area contributed by atoms with E-state index in [9.17, 15) is 13.6 Å². The second kappa shape index (κ2) is 6.26. The molecule has 0 aliphatic carbocycles. The minimum absolute atomic E-state index is 0.426. The molecule has 2 aromatic carbocycles. The Labute approximate surface area is 135 Å². The fraction of sp³-hybridized carbons (Fsp3) is 0.0588. The quantitative estimate of drug-likeness (QED) is 0.661. The number of rotatable bonds is 3. The number of halogens is 2. The van der Waals surface area contributed by atoms with Crippen molar-refractivity contribution in [1.29, 1.82) is 0 Å². The molecule has 116 valence electrons. The van der Waals surface area contributed by atoms with E-state index in [1.807, 2.05) is 6.07 Å². The number of benzene rings is 2. The molecule has 0 amide bonds. The minimum Gasteiger partial charge on any atom is -0.465 e.